The maximum atomic E-state index is 14.4. The second kappa shape index (κ2) is 12.9. The topological polar surface area (TPSA) is 147 Å². The number of nitrogens with zero attached hydrogens (tertiary/aromatic N) is 2. The lowest BCUT2D eigenvalue weighted by Crippen LogP contribution is -2.58. The number of hydrogen-bond acceptors (Lipinski definition) is 9. The minimum Gasteiger partial charge on any atom is -0.488 e. The molecule has 3 aromatic rings. The average Bonchev–Trinajstić information content (AvgIpc) is 3.96. The molecular formula is C36H41N5O6S2. The molecule has 2 aliphatic heterocycles. The van der Waals surface area contributed by atoms with Crippen LogP contribution in [0.1, 0.15) is 57.2 Å². The molecule has 3 amide bonds. The zero-order valence-electron chi connectivity index (χ0n) is 27.6. The fourth-order valence-corrected chi connectivity index (χ4v) is 8.95. The number of carbonyl (C=O) groups excluding carboxylic acids is 3. The second-order valence-corrected chi connectivity index (χ2v) is 16.7. The highest BCUT2D eigenvalue weighted by Crippen LogP contribution is 2.45. The van der Waals surface area contributed by atoms with E-state index in [0.717, 1.165) is 34.9 Å². The van der Waals surface area contributed by atoms with Gasteiger partial charge < -0.3 is 20.3 Å². The van der Waals surface area contributed by atoms with Crippen LogP contribution >= 0.6 is 11.3 Å². The third-order valence-corrected chi connectivity index (χ3v) is 12.5. The number of nitrogens with one attached hydrogen (secondary N) is 3. The van der Waals surface area contributed by atoms with E-state index in [0.29, 0.717) is 23.7 Å². The van der Waals surface area contributed by atoms with E-state index < -0.39 is 56.7 Å². The van der Waals surface area contributed by atoms with Crippen molar-refractivity contribution in [1.29, 1.82) is 0 Å². The molecule has 3 heterocycles. The first-order chi connectivity index (χ1) is 23.5. The van der Waals surface area contributed by atoms with E-state index in [-0.39, 0.29) is 31.2 Å². The molecule has 0 radical (unpaired) electrons. The molecule has 2 aromatic carbocycles. The first-order valence-corrected chi connectivity index (χ1v) is 19.3. The van der Waals surface area contributed by atoms with Crippen molar-refractivity contribution in [1.82, 2.24) is 19.9 Å². The number of ether oxygens (including phenoxy) is 1. The van der Waals surface area contributed by atoms with Crippen LogP contribution in [-0.4, -0.2) is 71.5 Å². The number of benzene rings is 2. The molecule has 0 unspecified atom stereocenters. The third kappa shape index (κ3) is 6.70. The van der Waals surface area contributed by atoms with Crippen molar-refractivity contribution in [2.45, 2.75) is 81.3 Å². The summed E-state index contributed by atoms with van der Waals surface area (Å²) in [5.41, 5.74) is 0.487. The predicted octanol–water partition coefficient (Wildman–Crippen LogP) is 4.41. The second-order valence-electron chi connectivity index (χ2n) is 13.9. The highest BCUT2D eigenvalue weighted by atomic mass is 32.2. The molecule has 2 aliphatic carbocycles. The van der Waals surface area contributed by atoms with Crippen LogP contribution in [0, 0.1) is 11.8 Å². The number of allylic oxidation sites excluding steroid dienone is 1. The Labute approximate surface area is 290 Å². The average molecular weight is 704 g/mol. The van der Waals surface area contributed by atoms with Gasteiger partial charge in [0.1, 0.15) is 29.5 Å². The molecule has 13 heteroatoms. The summed E-state index contributed by atoms with van der Waals surface area (Å²) in [5.74, 6) is -1.55. The Bertz CT molecular complexity index is 1950. The summed E-state index contributed by atoms with van der Waals surface area (Å²) in [6, 6.07) is 10.4. The van der Waals surface area contributed by atoms with Crippen LogP contribution in [0.3, 0.4) is 0 Å². The number of carbonyl (C=O) groups is 3. The Morgan fingerprint density at radius 2 is 2.04 bits per heavy atom. The van der Waals surface area contributed by atoms with E-state index in [1.807, 2.05) is 43.5 Å². The molecule has 5 atom stereocenters. The number of hydrogen-bond donors (Lipinski definition) is 3. The van der Waals surface area contributed by atoms with Crippen molar-refractivity contribution >= 4 is 61.1 Å². The van der Waals surface area contributed by atoms with Crippen molar-refractivity contribution in [3.63, 3.8) is 0 Å². The summed E-state index contributed by atoms with van der Waals surface area (Å²) in [6.07, 6.45) is 8.17. The van der Waals surface area contributed by atoms with Gasteiger partial charge in [0.25, 0.3) is 5.91 Å². The Kier molecular flexibility index (Phi) is 8.76. The summed E-state index contributed by atoms with van der Waals surface area (Å²) >= 11 is 1.44. The Morgan fingerprint density at radius 3 is 2.78 bits per heavy atom. The van der Waals surface area contributed by atoms with Gasteiger partial charge in [-0.1, -0.05) is 56.3 Å². The van der Waals surface area contributed by atoms with Crippen LogP contribution in [0.25, 0.3) is 16.8 Å². The minimum absolute atomic E-state index is 0.140. The largest absolute Gasteiger partial charge is 0.488 e. The fourth-order valence-electron chi connectivity index (χ4n) is 6.81. The highest BCUT2D eigenvalue weighted by Gasteiger charge is 2.62. The smallest absolute Gasteiger partial charge is 0.259 e. The zero-order chi connectivity index (χ0) is 34.5. The summed E-state index contributed by atoms with van der Waals surface area (Å²) in [5, 5.41) is 10.1. The molecule has 7 rings (SSSR count). The van der Waals surface area contributed by atoms with Gasteiger partial charge in [-0.2, -0.15) is 0 Å². The van der Waals surface area contributed by atoms with Crippen LogP contribution in [0.5, 0.6) is 5.75 Å². The van der Waals surface area contributed by atoms with Crippen LogP contribution in [0.4, 0.5) is 5.13 Å². The summed E-state index contributed by atoms with van der Waals surface area (Å²) < 4.78 is 34.1. The number of rotatable bonds is 7. The third-order valence-electron chi connectivity index (χ3n) is 9.90. The first kappa shape index (κ1) is 33.3. The molecule has 3 N–H and O–H groups in total. The number of thiazole rings is 1. The Balaban J connectivity index is 1.22. The Hall–Kier alpha value is -4.23. The van der Waals surface area contributed by atoms with E-state index in [1.54, 1.807) is 6.08 Å². The van der Waals surface area contributed by atoms with Crippen molar-refractivity contribution in [3.8, 4) is 5.75 Å². The number of aryl methyl sites for hydroxylation is 1. The molecule has 1 aromatic heterocycles. The maximum Gasteiger partial charge on any atom is 0.259 e. The Morgan fingerprint density at radius 1 is 1.22 bits per heavy atom. The number of amides is 3. The number of anilines is 1. The van der Waals surface area contributed by atoms with Crippen molar-refractivity contribution in [3.05, 3.63) is 71.8 Å². The summed E-state index contributed by atoms with van der Waals surface area (Å²) in [4.78, 5) is 48.4. The lowest BCUT2D eigenvalue weighted by atomic mass is 10.0. The molecular weight excluding hydrogens is 663 g/mol. The molecule has 0 spiro atoms. The van der Waals surface area contributed by atoms with Gasteiger partial charge in [-0.15, -0.1) is 17.9 Å². The molecule has 4 aliphatic rings. The summed E-state index contributed by atoms with van der Waals surface area (Å²) in [7, 11) is -3.84. The first-order valence-electron chi connectivity index (χ1n) is 16.9. The maximum absolute atomic E-state index is 14.4. The number of fused-ring (bicyclic) bond motifs is 5. The van der Waals surface area contributed by atoms with E-state index in [9.17, 15) is 22.8 Å². The quantitative estimate of drug-likeness (QED) is 0.307. The van der Waals surface area contributed by atoms with Crippen molar-refractivity contribution < 1.29 is 27.5 Å². The van der Waals surface area contributed by atoms with Gasteiger partial charge in [0, 0.05) is 23.1 Å². The highest BCUT2D eigenvalue weighted by molar-refractivity contribution is 7.91. The van der Waals surface area contributed by atoms with Crippen molar-refractivity contribution in [2.24, 2.45) is 11.8 Å². The van der Waals surface area contributed by atoms with Crippen LogP contribution in [0.2, 0.25) is 0 Å². The van der Waals surface area contributed by atoms with Crippen LogP contribution in [0.15, 0.2) is 60.5 Å². The molecule has 49 heavy (non-hydrogen) atoms. The van der Waals surface area contributed by atoms with Gasteiger partial charge in [-0.3, -0.25) is 19.1 Å². The molecule has 11 nitrogen and oxygen atoms in total. The molecule has 2 saturated carbocycles. The number of sulfonamides is 1. The van der Waals surface area contributed by atoms with Crippen LogP contribution < -0.4 is 20.1 Å². The molecule has 3 fully saturated rings. The zero-order valence-corrected chi connectivity index (χ0v) is 29.2. The fraction of sp³-hybridized carbons (Fsp3) is 0.444. The predicted molar refractivity (Wildman–Crippen MR) is 189 cm³/mol. The van der Waals surface area contributed by atoms with Gasteiger partial charge in [0.05, 0.1) is 17.5 Å². The van der Waals surface area contributed by atoms with Gasteiger partial charge in [0.2, 0.25) is 21.8 Å². The van der Waals surface area contributed by atoms with Crippen molar-refractivity contribution in [2.75, 3.05) is 11.9 Å². The minimum atomic E-state index is -3.84. The van der Waals surface area contributed by atoms with Crippen LogP contribution in [-0.2, 0) is 30.8 Å². The standard InChI is InChI=1S/C36H41N5O6S2/c1-4-24-18-36(24,34(44)40-49(45,46)27-14-15-27)39-32(42)29-17-26-19-41(29)33(43)31(21(2)3)38-35-37-25(20-48-35)10-6-5-8-22-12-13-23-9-7-11-30(47-26)28(23)16-22/h4-5,7-9,11-13,16,20-21,24,26-27,29,31H,1,6,10,14-15,17-19H2,2-3H3,(H,37,38)(H,39,42)(H,40,44)/t24-,26-,29+,31+,36-/m1/s1. The molecule has 1 saturated heterocycles. The van der Waals surface area contributed by atoms with E-state index in [4.69, 9.17) is 9.72 Å². The van der Waals surface area contributed by atoms with Gasteiger partial charge >= 0.3 is 0 Å². The molecule has 6 bridgehead atoms. The van der Waals surface area contributed by atoms with Gasteiger partial charge in [-0.05, 0) is 61.1 Å². The normalized spacial score (nSPS) is 26.8. The summed E-state index contributed by atoms with van der Waals surface area (Å²) in [6.45, 7) is 7.81. The lowest BCUT2D eigenvalue weighted by molar-refractivity contribution is -0.140. The van der Waals surface area contributed by atoms with Gasteiger partial charge in [-0.25, -0.2) is 13.4 Å². The molecule has 258 valence electrons. The monoisotopic (exact) mass is 703 g/mol. The van der Waals surface area contributed by atoms with E-state index in [2.05, 4.69) is 46.2 Å². The lowest BCUT2D eigenvalue weighted by Gasteiger charge is -2.31. The number of aromatic nitrogens is 1. The van der Waals surface area contributed by atoms with Gasteiger partial charge in [0.15, 0.2) is 5.13 Å². The van der Waals surface area contributed by atoms with E-state index >= 15 is 0 Å². The van der Waals surface area contributed by atoms with E-state index in [1.165, 1.54) is 16.2 Å². The SMILES string of the molecule is C=C[C@@H]1C[C@]1(NC(=O)[C@@H]1C[C@@H]2CN1C(=O)[C@H](C(C)C)Nc1nc(cs1)CCC=Cc1ccc3cccc(c3c1)O2)C(=O)NS(=O)(=O)C1CC1.